The van der Waals surface area contributed by atoms with E-state index in [1.165, 1.54) is 10.5 Å². The normalized spacial score (nSPS) is 17.8. The molecule has 55 heavy (non-hydrogen) atoms. The van der Waals surface area contributed by atoms with Crippen molar-refractivity contribution in [2.24, 2.45) is 11.3 Å². The number of aromatic nitrogens is 6. The summed E-state index contributed by atoms with van der Waals surface area (Å²) in [5.41, 5.74) is -1.14. The zero-order valence-electron chi connectivity index (χ0n) is 29.6. The van der Waals surface area contributed by atoms with Gasteiger partial charge in [-0.05, 0) is 87.4 Å². The highest BCUT2D eigenvalue weighted by Crippen LogP contribution is 2.68. The Kier molecular flexibility index (Phi) is 9.52. The average Bonchev–Trinajstić information content (AvgIpc) is 3.54. The fourth-order valence-corrected chi connectivity index (χ4v) is 7.87. The largest absolute Gasteiger partial charge is 0.346 e. The Morgan fingerprint density at radius 2 is 1.75 bits per heavy atom. The van der Waals surface area contributed by atoms with E-state index in [0.717, 1.165) is 18.4 Å². The van der Waals surface area contributed by atoms with Crippen LogP contribution < -0.4 is 5.32 Å². The predicted octanol–water partition coefficient (Wildman–Crippen LogP) is 7.11. The SMILES string of the molecule is CC(C)(C)C#Cc1ccc(-c2ccc(Cl)n3c(CS(C)(=O)=O)nnc23)c([C@H](Cc2cc(F)cc(F)c2)NC(=O)Cn2nc(C(F)F)c3c2C(F)(F)[C@@H]2C[C@H]32)n1. The zero-order valence-corrected chi connectivity index (χ0v) is 31.2. The van der Waals surface area contributed by atoms with E-state index in [2.05, 4.69) is 32.5 Å². The number of hydrogen-bond donors (Lipinski definition) is 1. The van der Waals surface area contributed by atoms with Gasteiger partial charge in [0, 0.05) is 40.3 Å². The van der Waals surface area contributed by atoms with E-state index in [4.69, 9.17) is 16.6 Å². The maximum Gasteiger partial charge on any atom is 0.293 e. The lowest BCUT2D eigenvalue weighted by Crippen LogP contribution is -2.35. The molecule has 0 spiro atoms. The lowest BCUT2D eigenvalue weighted by atomic mass is 9.94. The first-order chi connectivity index (χ1) is 25.7. The number of carbonyl (C=O) groups is 1. The standard InChI is InChI=1S/C37H32ClF6N7O3S/c1-36(2,3)10-9-21-5-6-22(23-7-8-27(38)51-28(17-55(4,53)54)47-48-35(23)51)31(45-21)26(13-18-11-19(39)14-20(40)12-18)46-29(52)16-50-33-30(32(49-50)34(41)42)24-15-25(24)37(33,43)44/h5-8,11-12,14,24-26,34H,13,15-17H2,1-4H3,(H,46,52)/t24-,25+,26-/m0/s1. The summed E-state index contributed by atoms with van der Waals surface area (Å²) in [6, 6.07) is 7.71. The van der Waals surface area contributed by atoms with Crippen molar-refractivity contribution in [1.29, 1.82) is 0 Å². The van der Waals surface area contributed by atoms with Crippen molar-refractivity contribution >= 4 is 33.0 Å². The summed E-state index contributed by atoms with van der Waals surface area (Å²) in [6.45, 7) is 4.73. The molecule has 10 nitrogen and oxygen atoms in total. The Balaban J connectivity index is 1.37. The Morgan fingerprint density at radius 1 is 1.05 bits per heavy atom. The molecule has 0 unspecified atom stereocenters. The molecule has 2 aliphatic carbocycles. The number of rotatable bonds is 10. The van der Waals surface area contributed by atoms with Gasteiger partial charge in [0.2, 0.25) is 5.91 Å². The Hall–Kier alpha value is -4.95. The summed E-state index contributed by atoms with van der Waals surface area (Å²) >= 11 is 6.50. The van der Waals surface area contributed by atoms with Gasteiger partial charge < -0.3 is 5.32 Å². The van der Waals surface area contributed by atoms with Gasteiger partial charge in [0.15, 0.2) is 21.3 Å². The third-order valence-electron chi connectivity index (χ3n) is 9.23. The first kappa shape index (κ1) is 38.3. The second kappa shape index (κ2) is 13.7. The molecule has 0 saturated heterocycles. The summed E-state index contributed by atoms with van der Waals surface area (Å²) in [5.74, 6) is -2.62. The summed E-state index contributed by atoms with van der Waals surface area (Å²) in [4.78, 5) is 18.6. The van der Waals surface area contributed by atoms with E-state index in [-0.39, 0.29) is 57.5 Å². The fourth-order valence-electron chi connectivity index (χ4n) is 6.98. The number of benzene rings is 1. The van der Waals surface area contributed by atoms with Crippen LogP contribution in [0.15, 0.2) is 42.5 Å². The minimum Gasteiger partial charge on any atom is -0.346 e. The molecule has 0 radical (unpaired) electrons. The van der Waals surface area contributed by atoms with Crippen LogP contribution in [0, 0.1) is 34.8 Å². The van der Waals surface area contributed by atoms with Crippen molar-refractivity contribution in [3.8, 4) is 23.0 Å². The van der Waals surface area contributed by atoms with Crippen molar-refractivity contribution in [2.75, 3.05) is 6.26 Å². The van der Waals surface area contributed by atoms with Crippen LogP contribution in [0.1, 0.15) is 85.3 Å². The monoisotopic (exact) mass is 803 g/mol. The van der Waals surface area contributed by atoms with Crippen LogP contribution in [-0.2, 0) is 39.3 Å². The Bertz CT molecular complexity index is 2540. The molecule has 1 fully saturated rings. The molecule has 4 heterocycles. The molecule has 2 aliphatic rings. The van der Waals surface area contributed by atoms with Crippen LogP contribution in [0.25, 0.3) is 16.8 Å². The van der Waals surface area contributed by atoms with Gasteiger partial charge in [-0.25, -0.2) is 31.0 Å². The Morgan fingerprint density at radius 3 is 2.40 bits per heavy atom. The van der Waals surface area contributed by atoms with Gasteiger partial charge in [-0.1, -0.05) is 17.5 Å². The summed E-state index contributed by atoms with van der Waals surface area (Å²) < 4.78 is 114. The first-order valence-electron chi connectivity index (χ1n) is 17.0. The molecule has 288 valence electrons. The molecule has 1 amide bonds. The highest BCUT2D eigenvalue weighted by Gasteiger charge is 2.67. The van der Waals surface area contributed by atoms with Crippen molar-refractivity contribution in [3.05, 3.63) is 99.0 Å². The molecule has 0 bridgehead atoms. The van der Waals surface area contributed by atoms with Crippen LogP contribution in [0.5, 0.6) is 0 Å². The van der Waals surface area contributed by atoms with Gasteiger partial charge in [-0.3, -0.25) is 13.9 Å². The third kappa shape index (κ3) is 7.66. The van der Waals surface area contributed by atoms with E-state index in [1.54, 1.807) is 18.2 Å². The minimum atomic E-state index is -3.59. The number of nitrogens with zero attached hydrogens (tertiary/aromatic N) is 6. The van der Waals surface area contributed by atoms with Crippen LogP contribution in [-0.4, -0.2) is 49.9 Å². The van der Waals surface area contributed by atoms with Crippen LogP contribution >= 0.6 is 11.6 Å². The summed E-state index contributed by atoms with van der Waals surface area (Å²) in [6.07, 6.45) is -2.40. The average molecular weight is 804 g/mol. The molecular formula is C37H32ClF6N7O3S. The lowest BCUT2D eigenvalue weighted by Gasteiger charge is -2.23. The molecule has 18 heteroatoms. The topological polar surface area (TPSA) is 124 Å². The molecule has 4 aromatic heterocycles. The Labute approximate surface area is 316 Å². The van der Waals surface area contributed by atoms with Crippen molar-refractivity contribution in [1.82, 2.24) is 34.7 Å². The number of hydrogen-bond acceptors (Lipinski definition) is 7. The maximum absolute atomic E-state index is 15.4. The lowest BCUT2D eigenvalue weighted by molar-refractivity contribution is -0.123. The summed E-state index contributed by atoms with van der Waals surface area (Å²) in [5, 5.41) is 14.8. The van der Waals surface area contributed by atoms with E-state index in [0.29, 0.717) is 16.3 Å². The van der Waals surface area contributed by atoms with Gasteiger partial charge in [-0.2, -0.15) is 13.9 Å². The second-order valence-corrected chi connectivity index (χ2v) is 17.4. The van der Waals surface area contributed by atoms with E-state index < -0.39 is 86.7 Å². The number of alkyl halides is 4. The molecule has 1 N–H and O–H groups in total. The number of halogens is 7. The molecule has 1 aromatic carbocycles. The second-order valence-electron chi connectivity index (χ2n) is 14.8. The number of fused-ring (bicyclic) bond motifs is 4. The number of sulfone groups is 1. The highest BCUT2D eigenvalue weighted by atomic mass is 35.5. The zero-order chi connectivity index (χ0) is 39.8. The number of amides is 1. The van der Waals surface area contributed by atoms with E-state index in [9.17, 15) is 30.8 Å². The number of pyridine rings is 2. The number of carbonyl (C=O) groups excluding carboxylic acids is 1. The van der Waals surface area contributed by atoms with Crippen molar-refractivity contribution in [3.63, 3.8) is 0 Å². The van der Waals surface area contributed by atoms with Crippen LogP contribution in [0.4, 0.5) is 26.3 Å². The minimum absolute atomic E-state index is 0.0102. The molecular weight excluding hydrogens is 772 g/mol. The van der Waals surface area contributed by atoms with Crippen LogP contribution in [0.2, 0.25) is 5.15 Å². The van der Waals surface area contributed by atoms with Gasteiger partial charge in [-0.15, -0.1) is 10.2 Å². The third-order valence-corrected chi connectivity index (χ3v) is 10.3. The smallest absolute Gasteiger partial charge is 0.293 e. The molecule has 3 atom stereocenters. The van der Waals surface area contributed by atoms with Gasteiger partial charge >= 0.3 is 0 Å². The highest BCUT2D eigenvalue weighted by molar-refractivity contribution is 7.89. The molecule has 5 aromatic rings. The maximum atomic E-state index is 15.4. The van der Waals surface area contributed by atoms with E-state index in [1.807, 2.05) is 20.8 Å². The van der Waals surface area contributed by atoms with E-state index >= 15 is 8.78 Å². The first-order valence-corrected chi connectivity index (χ1v) is 19.4. The predicted molar refractivity (Wildman–Crippen MR) is 189 cm³/mol. The van der Waals surface area contributed by atoms with Crippen LogP contribution in [0.3, 0.4) is 0 Å². The molecule has 1 saturated carbocycles. The molecule has 7 rings (SSSR count). The quantitative estimate of drug-likeness (QED) is 0.0908. The van der Waals surface area contributed by atoms with Crippen molar-refractivity contribution < 1.29 is 39.6 Å². The fraction of sp³-hybridized carbons (Fsp3) is 0.378. The van der Waals surface area contributed by atoms with Gasteiger partial charge in [0.25, 0.3) is 12.3 Å². The van der Waals surface area contributed by atoms with Gasteiger partial charge in [0.05, 0.1) is 11.7 Å². The van der Waals surface area contributed by atoms with Crippen molar-refractivity contribution in [2.45, 2.75) is 70.2 Å². The number of nitrogens with one attached hydrogen (secondary N) is 1. The van der Waals surface area contributed by atoms with Gasteiger partial charge in [0.1, 0.15) is 46.2 Å². The summed E-state index contributed by atoms with van der Waals surface area (Å²) in [7, 11) is -3.59. The molecule has 0 aliphatic heterocycles.